The first-order chi connectivity index (χ1) is 15.1. The van der Waals surface area contributed by atoms with E-state index in [0.717, 1.165) is 28.1 Å². The standard InChI is InChI=1S/C26H26N4O/c1-19-8-12-21(13-9-19)25-23(18-30(29-25)24-6-4-3-5-7-24)17-28-16-20-10-14-22(15-11-20)26(31)27-2/h3-15,18,28H,16-17H2,1-2H3,(H,27,31). The van der Waals surface area contributed by atoms with Crippen molar-refractivity contribution < 1.29 is 4.79 Å². The van der Waals surface area contributed by atoms with Crippen LogP contribution in [0.5, 0.6) is 0 Å². The van der Waals surface area contributed by atoms with Crippen LogP contribution in [0.2, 0.25) is 0 Å². The summed E-state index contributed by atoms with van der Waals surface area (Å²) in [6, 6.07) is 26.3. The average molecular weight is 411 g/mol. The molecule has 0 unspecified atom stereocenters. The number of aryl methyl sites for hydroxylation is 1. The topological polar surface area (TPSA) is 59.0 Å². The second-order valence-corrected chi connectivity index (χ2v) is 7.53. The van der Waals surface area contributed by atoms with Crippen LogP contribution in [0.25, 0.3) is 16.9 Å². The number of nitrogens with zero attached hydrogens (tertiary/aromatic N) is 2. The molecule has 4 aromatic rings. The van der Waals surface area contributed by atoms with E-state index in [4.69, 9.17) is 5.10 Å². The molecule has 1 heterocycles. The molecule has 0 saturated heterocycles. The van der Waals surface area contributed by atoms with Gasteiger partial charge in [-0.25, -0.2) is 4.68 Å². The number of benzene rings is 3. The van der Waals surface area contributed by atoms with E-state index in [-0.39, 0.29) is 5.91 Å². The molecule has 0 aliphatic heterocycles. The Labute approximate surface area is 182 Å². The molecule has 31 heavy (non-hydrogen) atoms. The molecular formula is C26H26N4O. The largest absolute Gasteiger partial charge is 0.355 e. The van der Waals surface area contributed by atoms with E-state index in [0.29, 0.717) is 18.7 Å². The molecule has 5 nitrogen and oxygen atoms in total. The van der Waals surface area contributed by atoms with Crippen molar-refractivity contribution in [2.24, 2.45) is 0 Å². The number of aromatic nitrogens is 2. The maximum atomic E-state index is 11.7. The minimum absolute atomic E-state index is 0.0735. The van der Waals surface area contributed by atoms with Gasteiger partial charge in [0.05, 0.1) is 11.4 Å². The number of carbonyl (C=O) groups excluding carboxylic acids is 1. The van der Waals surface area contributed by atoms with Gasteiger partial charge in [-0.1, -0.05) is 60.2 Å². The van der Waals surface area contributed by atoms with Crippen LogP contribution in [-0.4, -0.2) is 22.7 Å². The second kappa shape index (κ2) is 9.41. The van der Waals surface area contributed by atoms with E-state index in [1.54, 1.807) is 7.05 Å². The molecule has 0 aliphatic rings. The minimum Gasteiger partial charge on any atom is -0.355 e. The van der Waals surface area contributed by atoms with E-state index < -0.39 is 0 Å². The first-order valence-electron chi connectivity index (χ1n) is 10.4. The van der Waals surface area contributed by atoms with E-state index >= 15 is 0 Å². The van der Waals surface area contributed by atoms with Crippen LogP contribution in [-0.2, 0) is 13.1 Å². The van der Waals surface area contributed by atoms with Gasteiger partial charge >= 0.3 is 0 Å². The molecule has 4 rings (SSSR count). The van der Waals surface area contributed by atoms with Gasteiger partial charge in [0, 0.05) is 43.0 Å². The van der Waals surface area contributed by atoms with E-state index in [9.17, 15) is 4.79 Å². The van der Waals surface area contributed by atoms with Gasteiger partial charge < -0.3 is 10.6 Å². The normalized spacial score (nSPS) is 10.8. The molecule has 0 aliphatic carbocycles. The number of para-hydroxylation sites is 1. The lowest BCUT2D eigenvalue weighted by Crippen LogP contribution is -2.18. The van der Waals surface area contributed by atoms with Gasteiger partial charge in [0.2, 0.25) is 0 Å². The third kappa shape index (κ3) is 4.90. The molecule has 0 radical (unpaired) electrons. The Morgan fingerprint density at radius 1 is 0.903 bits per heavy atom. The molecule has 0 saturated carbocycles. The predicted molar refractivity (Wildman–Crippen MR) is 124 cm³/mol. The molecule has 0 spiro atoms. The lowest BCUT2D eigenvalue weighted by Gasteiger charge is -2.07. The second-order valence-electron chi connectivity index (χ2n) is 7.53. The van der Waals surface area contributed by atoms with Crippen molar-refractivity contribution in [3.05, 3.63) is 107 Å². The summed E-state index contributed by atoms with van der Waals surface area (Å²) in [5, 5.41) is 11.0. The lowest BCUT2D eigenvalue weighted by molar-refractivity contribution is 0.0963. The maximum absolute atomic E-state index is 11.7. The lowest BCUT2D eigenvalue weighted by atomic mass is 10.1. The van der Waals surface area contributed by atoms with Crippen molar-refractivity contribution in [2.45, 2.75) is 20.0 Å². The van der Waals surface area contributed by atoms with Gasteiger partial charge in [-0.15, -0.1) is 0 Å². The predicted octanol–water partition coefficient (Wildman–Crippen LogP) is 4.50. The molecule has 2 N–H and O–H groups in total. The summed E-state index contributed by atoms with van der Waals surface area (Å²) in [5.74, 6) is -0.0735. The molecule has 5 heteroatoms. The van der Waals surface area contributed by atoms with Gasteiger partial charge in [-0.2, -0.15) is 5.10 Å². The van der Waals surface area contributed by atoms with Gasteiger partial charge in [0.15, 0.2) is 0 Å². The van der Waals surface area contributed by atoms with Crippen molar-refractivity contribution in [3.8, 4) is 16.9 Å². The Kier molecular flexibility index (Phi) is 6.24. The van der Waals surface area contributed by atoms with E-state index in [2.05, 4.69) is 60.2 Å². The van der Waals surface area contributed by atoms with Gasteiger partial charge in [0.25, 0.3) is 5.91 Å². The quantitative estimate of drug-likeness (QED) is 0.472. The number of hydrogen-bond donors (Lipinski definition) is 2. The summed E-state index contributed by atoms with van der Waals surface area (Å²) in [4.78, 5) is 11.7. The summed E-state index contributed by atoms with van der Waals surface area (Å²) < 4.78 is 1.93. The van der Waals surface area contributed by atoms with Crippen LogP contribution >= 0.6 is 0 Å². The highest BCUT2D eigenvalue weighted by Gasteiger charge is 2.12. The molecule has 1 aromatic heterocycles. The minimum atomic E-state index is -0.0735. The fraction of sp³-hybridized carbons (Fsp3) is 0.154. The fourth-order valence-electron chi connectivity index (χ4n) is 3.47. The van der Waals surface area contributed by atoms with Crippen molar-refractivity contribution in [1.29, 1.82) is 0 Å². The molecule has 156 valence electrons. The first-order valence-corrected chi connectivity index (χ1v) is 10.4. The van der Waals surface area contributed by atoms with Crippen molar-refractivity contribution >= 4 is 5.91 Å². The van der Waals surface area contributed by atoms with Gasteiger partial charge in [-0.05, 0) is 36.8 Å². The molecule has 0 atom stereocenters. The summed E-state index contributed by atoms with van der Waals surface area (Å²) >= 11 is 0. The molecule has 0 fully saturated rings. The van der Waals surface area contributed by atoms with Crippen LogP contribution in [0.3, 0.4) is 0 Å². The first kappa shape index (κ1) is 20.6. The zero-order valence-electron chi connectivity index (χ0n) is 17.8. The molecular weight excluding hydrogens is 384 g/mol. The summed E-state index contributed by atoms with van der Waals surface area (Å²) in [6.45, 7) is 3.48. The van der Waals surface area contributed by atoms with Crippen LogP contribution in [0.1, 0.15) is 27.0 Å². The highest BCUT2D eigenvalue weighted by atomic mass is 16.1. The fourth-order valence-corrected chi connectivity index (χ4v) is 3.47. The Hall–Kier alpha value is -3.70. The SMILES string of the molecule is CNC(=O)c1ccc(CNCc2cn(-c3ccccc3)nc2-c2ccc(C)cc2)cc1. The molecule has 1 amide bonds. The maximum Gasteiger partial charge on any atom is 0.251 e. The van der Waals surface area contributed by atoms with Gasteiger partial charge in [-0.3, -0.25) is 4.79 Å². The molecule has 0 bridgehead atoms. The highest BCUT2D eigenvalue weighted by Crippen LogP contribution is 2.24. The van der Waals surface area contributed by atoms with Crippen molar-refractivity contribution in [3.63, 3.8) is 0 Å². The third-order valence-electron chi connectivity index (χ3n) is 5.22. The Bertz CT molecular complexity index is 1150. The average Bonchev–Trinajstić information content (AvgIpc) is 3.24. The van der Waals surface area contributed by atoms with Crippen molar-refractivity contribution in [2.75, 3.05) is 7.05 Å². The van der Waals surface area contributed by atoms with E-state index in [1.165, 1.54) is 5.56 Å². The van der Waals surface area contributed by atoms with Crippen LogP contribution in [0, 0.1) is 6.92 Å². The summed E-state index contributed by atoms with van der Waals surface area (Å²) in [5.41, 5.74) is 7.27. The van der Waals surface area contributed by atoms with Crippen LogP contribution in [0.15, 0.2) is 85.1 Å². The Morgan fingerprint density at radius 3 is 2.29 bits per heavy atom. The van der Waals surface area contributed by atoms with E-state index in [1.807, 2.05) is 47.1 Å². The summed E-state index contributed by atoms with van der Waals surface area (Å²) in [6.07, 6.45) is 2.09. The third-order valence-corrected chi connectivity index (χ3v) is 5.22. The number of carbonyl (C=O) groups is 1. The monoisotopic (exact) mass is 410 g/mol. The Morgan fingerprint density at radius 2 is 1.61 bits per heavy atom. The van der Waals surface area contributed by atoms with Crippen molar-refractivity contribution in [1.82, 2.24) is 20.4 Å². The highest BCUT2D eigenvalue weighted by molar-refractivity contribution is 5.93. The summed E-state index contributed by atoms with van der Waals surface area (Å²) in [7, 11) is 1.64. The van der Waals surface area contributed by atoms with Crippen LogP contribution in [0.4, 0.5) is 0 Å². The zero-order valence-corrected chi connectivity index (χ0v) is 17.8. The number of amides is 1. The van der Waals surface area contributed by atoms with Gasteiger partial charge in [0.1, 0.15) is 0 Å². The smallest absolute Gasteiger partial charge is 0.251 e. The number of nitrogens with one attached hydrogen (secondary N) is 2. The van der Waals surface area contributed by atoms with Crippen LogP contribution < -0.4 is 10.6 Å². The Balaban J connectivity index is 1.53. The zero-order chi connectivity index (χ0) is 21.6. The molecule has 3 aromatic carbocycles. The number of hydrogen-bond acceptors (Lipinski definition) is 3. The number of rotatable bonds is 7.